The minimum Gasteiger partial charge on any atom is -0.375 e. The molecule has 25 heavy (non-hydrogen) atoms. The highest BCUT2D eigenvalue weighted by atomic mass is 16.5. The highest BCUT2D eigenvalue weighted by Gasteiger charge is 2.34. The first kappa shape index (κ1) is 19.6. The van der Waals surface area contributed by atoms with Crippen molar-refractivity contribution in [1.82, 2.24) is 9.80 Å². The molecule has 146 valence electrons. The van der Waals surface area contributed by atoms with Gasteiger partial charge in [0.05, 0.1) is 12.2 Å². The van der Waals surface area contributed by atoms with Gasteiger partial charge in [-0.15, -0.1) is 0 Å². The fourth-order valence-corrected chi connectivity index (χ4v) is 4.91. The Hall–Kier alpha value is -0.120. The summed E-state index contributed by atoms with van der Waals surface area (Å²) < 4.78 is 6.36. The molecule has 0 unspecified atom stereocenters. The van der Waals surface area contributed by atoms with E-state index in [4.69, 9.17) is 4.74 Å². The molecule has 2 saturated heterocycles. The van der Waals surface area contributed by atoms with Crippen LogP contribution >= 0.6 is 0 Å². The van der Waals surface area contributed by atoms with Crippen LogP contribution in [-0.4, -0.2) is 60.3 Å². The first-order chi connectivity index (χ1) is 11.8. The topological polar surface area (TPSA) is 15.7 Å². The molecule has 0 aromatic heterocycles. The summed E-state index contributed by atoms with van der Waals surface area (Å²) in [6.45, 7) is 18.2. The quantitative estimate of drug-likeness (QED) is 0.730. The molecular weight excluding hydrogens is 308 g/mol. The molecular formula is C22H42N2O. The Balaban J connectivity index is 1.30. The van der Waals surface area contributed by atoms with Gasteiger partial charge in [0, 0.05) is 25.2 Å². The second-order valence-electron chi connectivity index (χ2n) is 10.3. The monoisotopic (exact) mass is 350 g/mol. The standard InChI is InChI=1S/C22H42N2O/c1-17(2)19-14-21(15-19)25-20-8-10-23(11-9-20)16-18-6-12-24(13-7-18)22(3,4)5/h17-21H,6-16H2,1-5H3. The van der Waals surface area contributed by atoms with Crippen molar-refractivity contribution >= 4 is 0 Å². The van der Waals surface area contributed by atoms with E-state index in [1.807, 2.05) is 0 Å². The van der Waals surface area contributed by atoms with Crippen LogP contribution in [0.15, 0.2) is 0 Å². The van der Waals surface area contributed by atoms with Gasteiger partial charge in [-0.3, -0.25) is 4.90 Å². The van der Waals surface area contributed by atoms with Crippen LogP contribution in [0.25, 0.3) is 0 Å². The van der Waals surface area contributed by atoms with Gasteiger partial charge in [0.25, 0.3) is 0 Å². The van der Waals surface area contributed by atoms with Gasteiger partial charge >= 0.3 is 0 Å². The summed E-state index contributed by atoms with van der Waals surface area (Å²) >= 11 is 0. The van der Waals surface area contributed by atoms with Crippen LogP contribution in [0.1, 0.15) is 73.1 Å². The molecule has 3 nitrogen and oxygen atoms in total. The Kier molecular flexibility index (Phi) is 6.50. The minimum absolute atomic E-state index is 0.344. The van der Waals surface area contributed by atoms with Crippen LogP contribution < -0.4 is 0 Å². The zero-order chi connectivity index (χ0) is 18.0. The molecule has 0 bridgehead atoms. The molecule has 2 heterocycles. The molecule has 3 heteroatoms. The van der Waals surface area contributed by atoms with Crippen molar-refractivity contribution in [3.8, 4) is 0 Å². The summed E-state index contributed by atoms with van der Waals surface area (Å²) in [5, 5.41) is 0. The van der Waals surface area contributed by atoms with Gasteiger partial charge in [0.15, 0.2) is 0 Å². The first-order valence-corrected chi connectivity index (χ1v) is 10.9. The van der Waals surface area contributed by atoms with Crippen molar-refractivity contribution in [1.29, 1.82) is 0 Å². The second-order valence-corrected chi connectivity index (χ2v) is 10.3. The summed E-state index contributed by atoms with van der Waals surface area (Å²) in [4.78, 5) is 5.38. The average molecular weight is 351 g/mol. The molecule has 1 aliphatic carbocycles. The van der Waals surface area contributed by atoms with E-state index in [2.05, 4.69) is 44.4 Å². The van der Waals surface area contributed by atoms with Crippen molar-refractivity contribution < 1.29 is 4.74 Å². The van der Waals surface area contributed by atoms with Crippen LogP contribution in [0.4, 0.5) is 0 Å². The van der Waals surface area contributed by atoms with E-state index in [0.29, 0.717) is 17.7 Å². The summed E-state index contributed by atoms with van der Waals surface area (Å²) in [5.74, 6) is 2.67. The molecule has 0 aromatic carbocycles. The van der Waals surface area contributed by atoms with Gasteiger partial charge in [-0.05, 0) is 90.1 Å². The van der Waals surface area contributed by atoms with Gasteiger partial charge in [-0.2, -0.15) is 0 Å². The van der Waals surface area contributed by atoms with Crippen LogP contribution in [0.2, 0.25) is 0 Å². The Bertz CT molecular complexity index is 395. The van der Waals surface area contributed by atoms with Gasteiger partial charge in [0.1, 0.15) is 0 Å². The highest BCUT2D eigenvalue weighted by molar-refractivity contribution is 4.86. The number of rotatable bonds is 5. The molecule has 0 aromatic rings. The van der Waals surface area contributed by atoms with E-state index < -0.39 is 0 Å². The number of hydrogen-bond donors (Lipinski definition) is 0. The Morgan fingerprint density at radius 3 is 2.00 bits per heavy atom. The third-order valence-corrected chi connectivity index (χ3v) is 7.07. The maximum Gasteiger partial charge on any atom is 0.0603 e. The Labute approximate surface area is 156 Å². The zero-order valence-electron chi connectivity index (χ0n) is 17.5. The number of hydrogen-bond acceptors (Lipinski definition) is 3. The number of likely N-dealkylation sites (tertiary alicyclic amines) is 2. The first-order valence-electron chi connectivity index (χ1n) is 10.9. The minimum atomic E-state index is 0.344. The molecule has 0 atom stereocenters. The summed E-state index contributed by atoms with van der Waals surface area (Å²) in [7, 11) is 0. The van der Waals surface area contributed by atoms with Gasteiger partial charge in [0.2, 0.25) is 0 Å². The molecule has 0 N–H and O–H groups in total. The summed E-state index contributed by atoms with van der Waals surface area (Å²) in [6.07, 6.45) is 9.00. The normalized spacial score (nSPS) is 31.4. The molecule has 0 spiro atoms. The number of nitrogens with zero attached hydrogens (tertiary/aromatic N) is 2. The predicted molar refractivity (Wildman–Crippen MR) is 106 cm³/mol. The van der Waals surface area contributed by atoms with Crippen LogP contribution in [0.3, 0.4) is 0 Å². The Morgan fingerprint density at radius 1 is 0.880 bits per heavy atom. The summed E-state index contributed by atoms with van der Waals surface area (Å²) in [6, 6.07) is 0. The van der Waals surface area contributed by atoms with Crippen LogP contribution in [0.5, 0.6) is 0 Å². The van der Waals surface area contributed by atoms with Gasteiger partial charge in [-0.25, -0.2) is 0 Å². The average Bonchev–Trinajstić information content (AvgIpc) is 2.51. The van der Waals surface area contributed by atoms with E-state index in [-0.39, 0.29) is 0 Å². The highest BCUT2D eigenvalue weighted by Crippen LogP contribution is 2.37. The summed E-state index contributed by atoms with van der Waals surface area (Å²) in [5.41, 5.74) is 0.344. The van der Waals surface area contributed by atoms with E-state index >= 15 is 0 Å². The molecule has 3 rings (SSSR count). The van der Waals surface area contributed by atoms with Gasteiger partial charge in [-0.1, -0.05) is 13.8 Å². The lowest BCUT2D eigenvalue weighted by Gasteiger charge is -2.43. The van der Waals surface area contributed by atoms with Crippen molar-refractivity contribution in [2.45, 2.75) is 90.9 Å². The molecule has 0 radical (unpaired) electrons. The van der Waals surface area contributed by atoms with Crippen LogP contribution in [0, 0.1) is 17.8 Å². The van der Waals surface area contributed by atoms with E-state index in [1.54, 1.807) is 0 Å². The largest absolute Gasteiger partial charge is 0.375 e. The Morgan fingerprint density at radius 2 is 1.48 bits per heavy atom. The maximum absolute atomic E-state index is 6.36. The smallest absolute Gasteiger partial charge is 0.0603 e. The molecule has 3 fully saturated rings. The van der Waals surface area contributed by atoms with E-state index in [0.717, 1.165) is 17.8 Å². The molecule has 2 aliphatic heterocycles. The second kappa shape index (κ2) is 8.27. The lowest BCUT2D eigenvalue weighted by atomic mass is 9.75. The van der Waals surface area contributed by atoms with Crippen molar-refractivity contribution in [2.75, 3.05) is 32.7 Å². The van der Waals surface area contributed by atoms with Crippen molar-refractivity contribution in [2.24, 2.45) is 17.8 Å². The van der Waals surface area contributed by atoms with Crippen LogP contribution in [-0.2, 0) is 4.74 Å². The third-order valence-electron chi connectivity index (χ3n) is 7.07. The van der Waals surface area contributed by atoms with E-state index in [1.165, 1.54) is 71.2 Å². The number of ether oxygens (including phenoxy) is 1. The van der Waals surface area contributed by atoms with E-state index in [9.17, 15) is 0 Å². The van der Waals surface area contributed by atoms with Crippen molar-refractivity contribution in [3.63, 3.8) is 0 Å². The lowest BCUT2D eigenvalue weighted by Crippen LogP contribution is -2.48. The SMILES string of the molecule is CC(C)C1CC(OC2CCN(CC3CCN(C(C)(C)C)CC3)CC2)C1. The molecule has 0 amide bonds. The fourth-order valence-electron chi connectivity index (χ4n) is 4.91. The number of piperidine rings is 2. The fraction of sp³-hybridized carbons (Fsp3) is 1.00. The lowest BCUT2D eigenvalue weighted by molar-refractivity contribution is -0.102. The molecule has 3 aliphatic rings. The molecule has 1 saturated carbocycles. The maximum atomic E-state index is 6.36. The van der Waals surface area contributed by atoms with Crippen molar-refractivity contribution in [3.05, 3.63) is 0 Å². The predicted octanol–water partition coefficient (Wildman–Crippen LogP) is 4.41. The van der Waals surface area contributed by atoms with Gasteiger partial charge < -0.3 is 9.64 Å². The third kappa shape index (κ3) is 5.43. The zero-order valence-corrected chi connectivity index (χ0v) is 17.5.